The van der Waals surface area contributed by atoms with Crippen molar-refractivity contribution in [3.63, 3.8) is 0 Å². The zero-order valence-electron chi connectivity index (χ0n) is 18.6. The number of carbonyl (C=O) groups is 1. The average molecular weight is 522 g/mol. The highest BCUT2D eigenvalue weighted by Gasteiger charge is 2.27. The van der Waals surface area contributed by atoms with E-state index >= 15 is 0 Å². The normalized spacial score (nSPS) is 12.1. The SMILES string of the molecule is COc1ccc(/C=N/NC(=O)COc2ccc(C(C)(C)CC(C)(C)C)cc2)cc1I. The maximum atomic E-state index is 12.0. The van der Waals surface area contributed by atoms with Gasteiger partial charge in [0.05, 0.1) is 16.9 Å². The first kappa shape index (κ1) is 24.2. The molecule has 162 valence electrons. The summed E-state index contributed by atoms with van der Waals surface area (Å²) in [5.41, 5.74) is 4.93. The van der Waals surface area contributed by atoms with Crippen LogP contribution in [0.4, 0.5) is 0 Å². The van der Waals surface area contributed by atoms with Crippen LogP contribution in [0, 0.1) is 8.99 Å². The smallest absolute Gasteiger partial charge is 0.277 e. The number of ether oxygens (including phenoxy) is 2. The summed E-state index contributed by atoms with van der Waals surface area (Å²) in [6, 6.07) is 13.6. The molecule has 2 rings (SSSR count). The van der Waals surface area contributed by atoms with Crippen molar-refractivity contribution in [2.45, 2.75) is 46.5 Å². The quantitative estimate of drug-likeness (QED) is 0.281. The fourth-order valence-electron chi connectivity index (χ4n) is 3.55. The summed E-state index contributed by atoms with van der Waals surface area (Å²) in [5, 5.41) is 3.98. The van der Waals surface area contributed by atoms with Gasteiger partial charge in [0.2, 0.25) is 0 Å². The molecule has 0 saturated carbocycles. The van der Waals surface area contributed by atoms with Crippen LogP contribution in [0.5, 0.6) is 11.5 Å². The second-order valence-corrected chi connectivity index (χ2v) is 10.3. The summed E-state index contributed by atoms with van der Waals surface area (Å²) in [7, 11) is 1.63. The first-order valence-electron chi connectivity index (χ1n) is 9.89. The molecule has 1 amide bonds. The van der Waals surface area contributed by atoms with Crippen molar-refractivity contribution < 1.29 is 14.3 Å². The van der Waals surface area contributed by atoms with Crippen molar-refractivity contribution >= 4 is 34.7 Å². The molecule has 0 fully saturated rings. The summed E-state index contributed by atoms with van der Waals surface area (Å²) in [4.78, 5) is 12.0. The van der Waals surface area contributed by atoms with Crippen LogP contribution >= 0.6 is 22.6 Å². The van der Waals surface area contributed by atoms with Gasteiger partial charge in [-0.1, -0.05) is 46.8 Å². The van der Waals surface area contributed by atoms with Crippen molar-refractivity contribution in [2.75, 3.05) is 13.7 Å². The lowest BCUT2D eigenvalue weighted by molar-refractivity contribution is -0.123. The molecule has 0 heterocycles. The topological polar surface area (TPSA) is 59.9 Å². The summed E-state index contributed by atoms with van der Waals surface area (Å²) >= 11 is 2.19. The Bertz CT molecular complexity index is 884. The fraction of sp³-hybridized carbons (Fsp3) is 0.417. The number of amides is 1. The van der Waals surface area contributed by atoms with Gasteiger partial charge in [0.1, 0.15) is 11.5 Å². The lowest BCUT2D eigenvalue weighted by Crippen LogP contribution is -2.25. The second kappa shape index (κ2) is 10.3. The second-order valence-electron chi connectivity index (χ2n) is 9.12. The molecule has 0 unspecified atom stereocenters. The van der Waals surface area contributed by atoms with E-state index in [1.807, 2.05) is 30.3 Å². The van der Waals surface area contributed by atoms with Crippen molar-refractivity contribution in [1.29, 1.82) is 0 Å². The molecule has 0 aliphatic rings. The molecule has 6 heteroatoms. The number of rotatable bonds is 8. The Hall–Kier alpha value is -2.09. The number of carbonyl (C=O) groups excluding carboxylic acids is 1. The molecule has 5 nitrogen and oxygen atoms in total. The van der Waals surface area contributed by atoms with Crippen LogP contribution in [0.15, 0.2) is 47.6 Å². The molecule has 0 aromatic heterocycles. The van der Waals surface area contributed by atoms with Gasteiger partial charge in [-0.05, 0) is 81.3 Å². The minimum atomic E-state index is -0.313. The largest absolute Gasteiger partial charge is 0.496 e. The molecule has 0 saturated heterocycles. The highest BCUT2D eigenvalue weighted by atomic mass is 127. The van der Waals surface area contributed by atoms with E-state index in [9.17, 15) is 4.79 Å². The van der Waals surface area contributed by atoms with Crippen molar-refractivity contribution in [3.8, 4) is 11.5 Å². The van der Waals surface area contributed by atoms with Crippen LogP contribution in [0.1, 0.15) is 52.2 Å². The Labute approximate surface area is 193 Å². The van der Waals surface area contributed by atoms with Gasteiger partial charge in [0.25, 0.3) is 5.91 Å². The van der Waals surface area contributed by atoms with Crippen molar-refractivity contribution in [1.82, 2.24) is 5.43 Å². The predicted octanol–water partition coefficient (Wildman–Crippen LogP) is 5.54. The van der Waals surface area contributed by atoms with E-state index in [0.717, 1.165) is 21.3 Å². The predicted molar refractivity (Wildman–Crippen MR) is 130 cm³/mol. The monoisotopic (exact) mass is 522 g/mol. The van der Waals surface area contributed by atoms with E-state index in [1.165, 1.54) is 5.56 Å². The summed E-state index contributed by atoms with van der Waals surface area (Å²) in [5.74, 6) is 1.15. The number of methoxy groups -OCH3 is 1. The molecule has 0 radical (unpaired) electrons. The number of nitrogens with zero attached hydrogens (tertiary/aromatic N) is 1. The van der Waals surface area contributed by atoms with Gasteiger partial charge in [-0.2, -0.15) is 5.10 Å². The van der Waals surface area contributed by atoms with Crippen molar-refractivity contribution in [2.24, 2.45) is 10.5 Å². The number of benzene rings is 2. The number of hydrazone groups is 1. The Balaban J connectivity index is 1.85. The molecule has 0 aliphatic carbocycles. The van der Waals surface area contributed by atoms with E-state index in [1.54, 1.807) is 13.3 Å². The third-order valence-corrected chi connectivity index (χ3v) is 5.40. The van der Waals surface area contributed by atoms with Crippen LogP contribution < -0.4 is 14.9 Å². The van der Waals surface area contributed by atoms with Gasteiger partial charge in [-0.15, -0.1) is 0 Å². The molecule has 2 aromatic carbocycles. The molecule has 1 N–H and O–H groups in total. The minimum absolute atomic E-state index is 0.0716. The summed E-state index contributed by atoms with van der Waals surface area (Å²) in [6.45, 7) is 11.2. The molecule has 0 spiro atoms. The molecular formula is C24H31IN2O3. The molecule has 0 aliphatic heterocycles. The maximum absolute atomic E-state index is 12.0. The minimum Gasteiger partial charge on any atom is -0.496 e. The molecule has 0 atom stereocenters. The zero-order valence-corrected chi connectivity index (χ0v) is 20.7. The summed E-state index contributed by atoms with van der Waals surface area (Å²) < 4.78 is 11.8. The highest BCUT2D eigenvalue weighted by Crippen LogP contribution is 2.36. The van der Waals surface area contributed by atoms with Crippen molar-refractivity contribution in [3.05, 3.63) is 57.2 Å². The Morgan fingerprint density at radius 2 is 1.77 bits per heavy atom. The molecular weight excluding hydrogens is 491 g/mol. The van der Waals surface area contributed by atoms with Crippen LogP contribution in [-0.4, -0.2) is 25.8 Å². The number of hydrogen-bond donors (Lipinski definition) is 1. The molecule has 0 bridgehead atoms. The maximum Gasteiger partial charge on any atom is 0.277 e. The zero-order chi connectivity index (χ0) is 22.4. The van der Waals surface area contributed by atoms with Gasteiger partial charge >= 0.3 is 0 Å². The third kappa shape index (κ3) is 7.63. The van der Waals surface area contributed by atoms with Crippen LogP contribution in [0.2, 0.25) is 0 Å². The van der Waals surface area contributed by atoms with Gasteiger partial charge in [-0.3, -0.25) is 4.79 Å². The number of nitrogens with one attached hydrogen (secondary N) is 1. The van der Waals surface area contributed by atoms with Crippen LogP contribution in [-0.2, 0) is 10.2 Å². The summed E-state index contributed by atoms with van der Waals surface area (Å²) in [6.07, 6.45) is 2.67. The van der Waals surface area contributed by atoms with E-state index < -0.39 is 0 Å². The standard InChI is InChI=1S/C24H31IN2O3/c1-23(2,3)16-24(4,5)18-8-10-19(11-9-18)30-15-22(28)27-26-14-17-7-12-21(29-6)20(25)13-17/h7-14H,15-16H2,1-6H3,(H,27,28)/b26-14+. The average Bonchev–Trinajstić information content (AvgIpc) is 2.65. The van der Waals surface area contributed by atoms with Crippen LogP contribution in [0.25, 0.3) is 0 Å². The third-order valence-electron chi connectivity index (χ3n) is 4.56. The Morgan fingerprint density at radius 3 is 2.33 bits per heavy atom. The van der Waals surface area contributed by atoms with Gasteiger partial charge in [0.15, 0.2) is 6.61 Å². The fourth-order valence-corrected chi connectivity index (χ4v) is 4.31. The van der Waals surface area contributed by atoms with E-state index in [2.05, 4.69) is 79.9 Å². The number of hydrogen-bond acceptors (Lipinski definition) is 4. The lowest BCUT2D eigenvalue weighted by Gasteiger charge is -2.33. The molecule has 30 heavy (non-hydrogen) atoms. The van der Waals surface area contributed by atoms with Gasteiger partial charge < -0.3 is 9.47 Å². The van der Waals surface area contributed by atoms with E-state index in [0.29, 0.717) is 5.75 Å². The molecule has 2 aromatic rings. The Kier molecular flexibility index (Phi) is 8.29. The lowest BCUT2D eigenvalue weighted by atomic mass is 9.72. The first-order valence-corrected chi connectivity index (χ1v) is 11.0. The van der Waals surface area contributed by atoms with Gasteiger partial charge in [-0.25, -0.2) is 5.43 Å². The van der Waals surface area contributed by atoms with Gasteiger partial charge in [0, 0.05) is 0 Å². The van der Waals surface area contributed by atoms with E-state index in [-0.39, 0.29) is 23.3 Å². The first-order chi connectivity index (χ1) is 14.0. The van der Waals surface area contributed by atoms with E-state index in [4.69, 9.17) is 9.47 Å². The Morgan fingerprint density at radius 1 is 1.10 bits per heavy atom. The number of halogens is 1. The van der Waals surface area contributed by atoms with Crippen LogP contribution in [0.3, 0.4) is 0 Å². The highest BCUT2D eigenvalue weighted by molar-refractivity contribution is 14.1.